The maximum atomic E-state index is 13.7. The molecule has 0 saturated carbocycles. The van der Waals surface area contributed by atoms with Crippen molar-refractivity contribution >= 4 is 33.8 Å². The molecule has 0 radical (unpaired) electrons. The van der Waals surface area contributed by atoms with E-state index in [4.69, 9.17) is 4.42 Å². The standard InChI is InChI=1S/C16H12FN3O3S/c1-24-16(22)12-6-10(17)4-9-5-11(23-14(9)12)7-20-15(21)13-8-18-2-3-19-13/h2-6,8H,7H2,1H3,(H,20,21). The summed E-state index contributed by atoms with van der Waals surface area (Å²) in [6.45, 7) is 0.0819. The quantitative estimate of drug-likeness (QED) is 0.783. The smallest absolute Gasteiger partial charge is 0.271 e. The number of thioether (sulfide) groups is 1. The molecule has 122 valence electrons. The van der Waals surface area contributed by atoms with Crippen molar-refractivity contribution in [1.29, 1.82) is 0 Å². The lowest BCUT2D eigenvalue weighted by atomic mass is 10.1. The molecule has 0 aliphatic rings. The first-order valence-corrected chi connectivity index (χ1v) is 8.15. The van der Waals surface area contributed by atoms with Gasteiger partial charge in [0, 0.05) is 17.8 Å². The van der Waals surface area contributed by atoms with Crippen LogP contribution in [0.3, 0.4) is 0 Å². The Morgan fingerprint density at radius 1 is 1.29 bits per heavy atom. The molecule has 0 unspecified atom stereocenters. The topological polar surface area (TPSA) is 85.1 Å². The molecule has 0 bridgehead atoms. The summed E-state index contributed by atoms with van der Waals surface area (Å²) >= 11 is 0.976. The van der Waals surface area contributed by atoms with E-state index in [0.29, 0.717) is 16.7 Å². The number of fused-ring (bicyclic) bond motifs is 1. The molecule has 1 N–H and O–H groups in total. The summed E-state index contributed by atoms with van der Waals surface area (Å²) in [5.74, 6) is -0.519. The molecule has 3 rings (SSSR count). The predicted octanol–water partition coefficient (Wildman–Crippen LogP) is 2.80. The van der Waals surface area contributed by atoms with Gasteiger partial charge in [0.05, 0.1) is 18.3 Å². The molecule has 2 heterocycles. The second kappa shape index (κ2) is 6.79. The van der Waals surface area contributed by atoms with Crippen molar-refractivity contribution in [3.05, 3.63) is 59.6 Å². The van der Waals surface area contributed by atoms with Crippen LogP contribution < -0.4 is 5.32 Å². The van der Waals surface area contributed by atoms with E-state index >= 15 is 0 Å². The van der Waals surface area contributed by atoms with Crippen LogP contribution in [0.15, 0.2) is 41.2 Å². The van der Waals surface area contributed by atoms with E-state index in [0.717, 1.165) is 17.8 Å². The number of furan rings is 1. The van der Waals surface area contributed by atoms with Gasteiger partial charge in [-0.15, -0.1) is 0 Å². The Labute approximate surface area is 140 Å². The number of halogens is 1. The minimum Gasteiger partial charge on any atom is -0.458 e. The van der Waals surface area contributed by atoms with E-state index in [1.165, 1.54) is 24.7 Å². The minimum absolute atomic E-state index is 0.0819. The third-order valence-electron chi connectivity index (χ3n) is 3.26. The average Bonchev–Trinajstić information content (AvgIpc) is 3.01. The molecule has 2 aromatic heterocycles. The minimum atomic E-state index is -0.518. The van der Waals surface area contributed by atoms with Crippen LogP contribution in [0.4, 0.5) is 4.39 Å². The number of amides is 1. The summed E-state index contributed by atoms with van der Waals surface area (Å²) in [4.78, 5) is 31.5. The highest BCUT2D eigenvalue weighted by atomic mass is 32.2. The Morgan fingerprint density at radius 3 is 2.83 bits per heavy atom. The molecule has 1 aromatic carbocycles. The highest BCUT2D eigenvalue weighted by Gasteiger charge is 2.16. The zero-order valence-electron chi connectivity index (χ0n) is 12.6. The van der Waals surface area contributed by atoms with Gasteiger partial charge in [0.25, 0.3) is 5.91 Å². The summed E-state index contributed by atoms with van der Waals surface area (Å²) in [6.07, 6.45) is 5.84. The van der Waals surface area contributed by atoms with Crippen LogP contribution in [-0.4, -0.2) is 27.2 Å². The highest BCUT2D eigenvalue weighted by Crippen LogP contribution is 2.27. The lowest BCUT2D eigenvalue weighted by Gasteiger charge is -2.01. The Kier molecular flexibility index (Phi) is 4.57. The second-order valence-electron chi connectivity index (χ2n) is 4.85. The van der Waals surface area contributed by atoms with Crippen molar-refractivity contribution in [2.45, 2.75) is 6.54 Å². The Morgan fingerprint density at radius 2 is 2.12 bits per heavy atom. The third kappa shape index (κ3) is 3.28. The van der Waals surface area contributed by atoms with Gasteiger partial charge in [-0.3, -0.25) is 14.6 Å². The fraction of sp³-hybridized carbons (Fsp3) is 0.125. The Balaban J connectivity index is 1.83. The van der Waals surface area contributed by atoms with E-state index < -0.39 is 11.7 Å². The zero-order valence-corrected chi connectivity index (χ0v) is 13.4. The summed E-state index contributed by atoms with van der Waals surface area (Å²) in [6, 6.07) is 4.02. The lowest BCUT2D eigenvalue weighted by molar-refractivity contribution is 0.0942. The molecular weight excluding hydrogens is 333 g/mol. The maximum absolute atomic E-state index is 13.7. The number of nitrogens with one attached hydrogen (secondary N) is 1. The number of aromatic nitrogens is 2. The Bertz CT molecular complexity index is 912. The first kappa shape index (κ1) is 16.1. The van der Waals surface area contributed by atoms with E-state index in [1.807, 2.05) is 0 Å². The van der Waals surface area contributed by atoms with Crippen molar-refractivity contribution in [3.8, 4) is 0 Å². The van der Waals surface area contributed by atoms with Crippen LogP contribution in [-0.2, 0) is 6.54 Å². The van der Waals surface area contributed by atoms with Crippen molar-refractivity contribution in [2.75, 3.05) is 6.26 Å². The van der Waals surface area contributed by atoms with Gasteiger partial charge in [-0.05, 0) is 24.5 Å². The van der Waals surface area contributed by atoms with Crippen LogP contribution in [0.25, 0.3) is 11.0 Å². The van der Waals surface area contributed by atoms with Gasteiger partial charge >= 0.3 is 0 Å². The van der Waals surface area contributed by atoms with Gasteiger partial charge in [-0.1, -0.05) is 11.8 Å². The molecule has 1 amide bonds. The number of hydrogen-bond acceptors (Lipinski definition) is 6. The van der Waals surface area contributed by atoms with Crippen LogP contribution in [0, 0.1) is 5.82 Å². The largest absolute Gasteiger partial charge is 0.458 e. The molecule has 3 aromatic rings. The van der Waals surface area contributed by atoms with Gasteiger partial charge in [-0.2, -0.15) is 0 Å². The van der Waals surface area contributed by atoms with Gasteiger partial charge in [0.1, 0.15) is 22.9 Å². The van der Waals surface area contributed by atoms with Gasteiger partial charge < -0.3 is 9.73 Å². The van der Waals surface area contributed by atoms with Gasteiger partial charge in [0.15, 0.2) is 0 Å². The average molecular weight is 345 g/mol. The van der Waals surface area contributed by atoms with Crippen LogP contribution in [0.1, 0.15) is 26.6 Å². The number of benzene rings is 1. The highest BCUT2D eigenvalue weighted by molar-refractivity contribution is 8.13. The molecule has 8 heteroatoms. The molecule has 6 nitrogen and oxygen atoms in total. The molecule has 0 atom stereocenters. The SMILES string of the molecule is CSC(=O)c1cc(F)cc2cc(CNC(=O)c3cnccn3)oc12. The zero-order chi connectivity index (χ0) is 17.1. The number of carbonyl (C=O) groups excluding carboxylic acids is 2. The van der Waals surface area contributed by atoms with Crippen molar-refractivity contribution in [3.63, 3.8) is 0 Å². The molecule has 0 aliphatic heterocycles. The first-order valence-electron chi connectivity index (χ1n) is 6.93. The third-order valence-corrected chi connectivity index (χ3v) is 3.85. The second-order valence-corrected chi connectivity index (χ2v) is 5.63. The normalized spacial score (nSPS) is 10.8. The van der Waals surface area contributed by atoms with Crippen LogP contribution >= 0.6 is 11.8 Å². The molecular formula is C16H12FN3O3S. The summed E-state index contributed by atoms with van der Waals surface area (Å²) in [5.41, 5.74) is 0.654. The van der Waals surface area contributed by atoms with Crippen LogP contribution in [0.2, 0.25) is 0 Å². The fourth-order valence-electron chi connectivity index (χ4n) is 2.19. The molecule has 0 spiro atoms. The predicted molar refractivity (Wildman–Crippen MR) is 87.2 cm³/mol. The van der Waals surface area contributed by atoms with Gasteiger partial charge in [0.2, 0.25) is 5.12 Å². The monoisotopic (exact) mass is 345 g/mol. The summed E-state index contributed by atoms with van der Waals surface area (Å²) in [7, 11) is 0. The van der Waals surface area contributed by atoms with E-state index in [-0.39, 0.29) is 22.9 Å². The van der Waals surface area contributed by atoms with Crippen LogP contribution in [0.5, 0.6) is 0 Å². The van der Waals surface area contributed by atoms with Gasteiger partial charge in [-0.25, -0.2) is 9.37 Å². The first-order chi connectivity index (χ1) is 11.6. The summed E-state index contributed by atoms with van der Waals surface area (Å²) in [5, 5.41) is 2.82. The Hall–Kier alpha value is -2.74. The lowest BCUT2D eigenvalue weighted by Crippen LogP contribution is -2.23. The number of rotatable bonds is 4. The van der Waals surface area contributed by atoms with E-state index in [9.17, 15) is 14.0 Å². The maximum Gasteiger partial charge on any atom is 0.271 e. The number of carbonyl (C=O) groups is 2. The fourth-order valence-corrected chi connectivity index (χ4v) is 2.56. The number of nitrogens with zero attached hydrogens (tertiary/aromatic N) is 2. The molecule has 0 fully saturated rings. The molecule has 24 heavy (non-hydrogen) atoms. The van der Waals surface area contributed by atoms with E-state index in [2.05, 4.69) is 15.3 Å². The van der Waals surface area contributed by atoms with Crippen molar-refractivity contribution in [1.82, 2.24) is 15.3 Å². The number of hydrogen-bond donors (Lipinski definition) is 1. The van der Waals surface area contributed by atoms with Crippen molar-refractivity contribution < 1.29 is 18.4 Å². The molecule has 0 aliphatic carbocycles. The molecule has 0 saturated heterocycles. The summed E-state index contributed by atoms with van der Waals surface area (Å²) < 4.78 is 19.3. The van der Waals surface area contributed by atoms with Crippen molar-refractivity contribution in [2.24, 2.45) is 0 Å². The van der Waals surface area contributed by atoms with E-state index in [1.54, 1.807) is 12.3 Å².